The fourth-order valence-electron chi connectivity index (χ4n) is 4.04. The van der Waals surface area contributed by atoms with E-state index in [1.165, 1.54) is 7.11 Å². The van der Waals surface area contributed by atoms with Crippen LogP contribution in [0, 0.1) is 0 Å². The predicted octanol–water partition coefficient (Wildman–Crippen LogP) is 3.44. The lowest BCUT2D eigenvalue weighted by Crippen LogP contribution is -2.51. The lowest BCUT2D eigenvalue weighted by atomic mass is 9.80. The van der Waals surface area contributed by atoms with Crippen molar-refractivity contribution < 1.29 is 27.9 Å². The van der Waals surface area contributed by atoms with E-state index in [1.807, 2.05) is 6.07 Å². The van der Waals surface area contributed by atoms with Gasteiger partial charge in [0.05, 0.1) is 13.7 Å². The zero-order valence-electron chi connectivity index (χ0n) is 16.9. The maximum Gasteiger partial charge on any atom is 0.325 e. The van der Waals surface area contributed by atoms with Gasteiger partial charge in [-0.3, -0.25) is 14.5 Å². The molecular formula is C22H21F2N3O4. The number of carbonyl (C=O) groups is 3. The number of halogens is 2. The molecule has 0 unspecified atom stereocenters. The number of ketones is 1. The van der Waals surface area contributed by atoms with E-state index in [1.54, 1.807) is 36.5 Å². The van der Waals surface area contributed by atoms with Crippen LogP contribution in [0.1, 0.15) is 36.0 Å². The number of nitrogens with zero attached hydrogens (tertiary/aromatic N) is 2. The molecule has 1 saturated carbocycles. The Morgan fingerprint density at radius 1 is 1.13 bits per heavy atom. The van der Waals surface area contributed by atoms with Crippen LogP contribution in [-0.2, 0) is 4.79 Å². The summed E-state index contributed by atoms with van der Waals surface area (Å²) in [5.41, 5.74) is 0.538. The Morgan fingerprint density at radius 2 is 1.81 bits per heavy atom. The van der Waals surface area contributed by atoms with Crippen LogP contribution in [0.3, 0.4) is 0 Å². The lowest BCUT2D eigenvalue weighted by molar-refractivity contribution is -0.135. The lowest BCUT2D eigenvalue weighted by Gasteiger charge is -2.34. The zero-order chi connectivity index (χ0) is 22.2. The molecule has 1 saturated heterocycles. The van der Waals surface area contributed by atoms with Crippen LogP contribution in [0.5, 0.6) is 5.88 Å². The molecule has 1 aliphatic carbocycles. The van der Waals surface area contributed by atoms with Gasteiger partial charge in [0.2, 0.25) is 11.8 Å². The second-order valence-corrected chi connectivity index (χ2v) is 7.82. The third-order valence-corrected chi connectivity index (χ3v) is 5.87. The molecule has 7 nitrogen and oxygen atoms in total. The van der Waals surface area contributed by atoms with Crippen molar-refractivity contribution in [3.05, 3.63) is 48.2 Å². The van der Waals surface area contributed by atoms with Crippen molar-refractivity contribution in [3.8, 4) is 17.0 Å². The van der Waals surface area contributed by atoms with Crippen LogP contribution < -0.4 is 10.1 Å². The van der Waals surface area contributed by atoms with E-state index in [0.29, 0.717) is 11.4 Å². The predicted molar refractivity (Wildman–Crippen MR) is 107 cm³/mol. The fourth-order valence-corrected chi connectivity index (χ4v) is 4.04. The number of nitrogens with one attached hydrogen (secondary N) is 1. The average molecular weight is 429 g/mol. The van der Waals surface area contributed by atoms with Crippen LogP contribution in [0.2, 0.25) is 0 Å². The first-order chi connectivity index (χ1) is 14.7. The largest absolute Gasteiger partial charge is 0.481 e. The molecule has 1 aliphatic heterocycles. The van der Waals surface area contributed by atoms with Gasteiger partial charge in [0.15, 0.2) is 5.78 Å². The Bertz CT molecular complexity index is 1030. The second-order valence-electron chi connectivity index (χ2n) is 7.82. The highest BCUT2D eigenvalue weighted by Gasteiger charge is 2.55. The van der Waals surface area contributed by atoms with Crippen LogP contribution in [-0.4, -0.2) is 52.7 Å². The maximum atomic E-state index is 13.5. The summed E-state index contributed by atoms with van der Waals surface area (Å²) in [4.78, 5) is 42.8. The van der Waals surface area contributed by atoms with Crippen molar-refractivity contribution >= 4 is 17.7 Å². The number of methoxy groups -OCH3 is 1. The molecule has 31 heavy (non-hydrogen) atoms. The topological polar surface area (TPSA) is 88.6 Å². The standard InChI is InChI=1S/C22H21F2N3O4/c1-31-18-16(3-2-12-25-18)14-4-6-15(7-5-14)17(28)13-27-19(29)21(26-20(27)30)8-10-22(23,24)11-9-21/h2-7,12H,8-11,13H2,1H3,(H,26,30). The van der Waals surface area contributed by atoms with E-state index >= 15 is 0 Å². The number of Topliss-reactive ketones (excluding diaryl/α,β-unsaturated/α-hetero) is 1. The summed E-state index contributed by atoms with van der Waals surface area (Å²) in [6.45, 7) is -0.446. The Kier molecular flexibility index (Phi) is 5.20. The first-order valence-electron chi connectivity index (χ1n) is 9.89. The highest BCUT2D eigenvalue weighted by atomic mass is 19.3. The normalized spacial score (nSPS) is 19.4. The highest BCUT2D eigenvalue weighted by Crippen LogP contribution is 2.41. The quantitative estimate of drug-likeness (QED) is 0.581. The number of amides is 3. The van der Waals surface area contributed by atoms with E-state index in [-0.39, 0.29) is 12.8 Å². The number of carbonyl (C=O) groups excluding carboxylic acids is 3. The third kappa shape index (κ3) is 3.87. The molecular weight excluding hydrogens is 408 g/mol. The van der Waals surface area contributed by atoms with Gasteiger partial charge in [0.1, 0.15) is 5.54 Å². The van der Waals surface area contributed by atoms with E-state index in [0.717, 1.165) is 16.0 Å². The Hall–Kier alpha value is -3.36. The molecule has 0 bridgehead atoms. The van der Waals surface area contributed by atoms with Gasteiger partial charge in [-0.05, 0) is 30.5 Å². The molecule has 162 valence electrons. The molecule has 1 N–H and O–H groups in total. The Balaban J connectivity index is 1.47. The number of alkyl halides is 2. The third-order valence-electron chi connectivity index (χ3n) is 5.87. The smallest absolute Gasteiger partial charge is 0.325 e. The summed E-state index contributed by atoms with van der Waals surface area (Å²) in [6.07, 6.45) is 0.381. The number of pyridine rings is 1. The summed E-state index contributed by atoms with van der Waals surface area (Å²) in [5, 5.41) is 2.54. The number of urea groups is 1. The van der Waals surface area contributed by atoms with E-state index in [4.69, 9.17) is 4.74 Å². The summed E-state index contributed by atoms with van der Waals surface area (Å²) in [6, 6.07) is 9.53. The number of rotatable bonds is 5. The Morgan fingerprint density at radius 3 is 2.45 bits per heavy atom. The average Bonchev–Trinajstić information content (AvgIpc) is 3.00. The molecule has 3 amide bonds. The molecule has 0 radical (unpaired) electrons. The molecule has 9 heteroatoms. The van der Waals surface area contributed by atoms with Crippen molar-refractivity contribution in [2.45, 2.75) is 37.1 Å². The Labute approximate surface area is 177 Å². The molecule has 2 fully saturated rings. The maximum absolute atomic E-state index is 13.5. The molecule has 4 rings (SSSR count). The minimum atomic E-state index is -2.84. The second kappa shape index (κ2) is 7.72. The first kappa shape index (κ1) is 20.9. The molecule has 2 aromatic rings. The van der Waals surface area contributed by atoms with Gasteiger partial charge in [-0.2, -0.15) is 0 Å². The molecule has 1 spiro atoms. The van der Waals surface area contributed by atoms with E-state index < -0.39 is 48.6 Å². The monoisotopic (exact) mass is 429 g/mol. The van der Waals surface area contributed by atoms with Crippen LogP contribution in [0.4, 0.5) is 13.6 Å². The highest BCUT2D eigenvalue weighted by molar-refractivity contribution is 6.11. The van der Waals surface area contributed by atoms with Gasteiger partial charge in [-0.15, -0.1) is 0 Å². The summed E-state index contributed by atoms with van der Waals surface area (Å²) in [5.74, 6) is -3.42. The van der Waals surface area contributed by atoms with Crippen molar-refractivity contribution in [2.24, 2.45) is 0 Å². The molecule has 1 aromatic heterocycles. The number of hydrogen-bond donors (Lipinski definition) is 1. The number of hydrogen-bond acceptors (Lipinski definition) is 5. The van der Waals surface area contributed by atoms with E-state index in [2.05, 4.69) is 10.3 Å². The number of imide groups is 1. The van der Waals surface area contributed by atoms with Gasteiger partial charge in [-0.25, -0.2) is 18.6 Å². The molecule has 1 aromatic carbocycles. The minimum absolute atomic E-state index is 0.142. The molecule has 2 heterocycles. The van der Waals surface area contributed by atoms with Crippen molar-refractivity contribution in [1.82, 2.24) is 15.2 Å². The van der Waals surface area contributed by atoms with Crippen molar-refractivity contribution in [3.63, 3.8) is 0 Å². The summed E-state index contributed by atoms with van der Waals surface area (Å²) in [7, 11) is 1.52. The minimum Gasteiger partial charge on any atom is -0.481 e. The summed E-state index contributed by atoms with van der Waals surface area (Å²) >= 11 is 0. The van der Waals surface area contributed by atoms with Gasteiger partial charge in [0.25, 0.3) is 5.91 Å². The van der Waals surface area contributed by atoms with Crippen molar-refractivity contribution in [1.29, 1.82) is 0 Å². The number of ether oxygens (including phenoxy) is 1. The SMILES string of the molecule is COc1ncccc1-c1ccc(C(=O)CN2C(=O)NC3(CCC(F)(F)CC3)C2=O)cc1. The van der Waals surface area contributed by atoms with E-state index in [9.17, 15) is 23.2 Å². The van der Waals surface area contributed by atoms with Crippen molar-refractivity contribution in [2.75, 3.05) is 13.7 Å². The summed E-state index contributed by atoms with van der Waals surface area (Å²) < 4.78 is 32.2. The van der Waals surface area contributed by atoms with Gasteiger partial charge in [0, 0.05) is 30.2 Å². The van der Waals surface area contributed by atoms with Gasteiger partial charge in [-0.1, -0.05) is 24.3 Å². The van der Waals surface area contributed by atoms with Gasteiger partial charge >= 0.3 is 6.03 Å². The van der Waals surface area contributed by atoms with Crippen LogP contribution in [0.25, 0.3) is 11.1 Å². The fraction of sp³-hybridized carbons (Fsp3) is 0.364. The number of benzene rings is 1. The first-order valence-corrected chi connectivity index (χ1v) is 9.89. The number of aromatic nitrogens is 1. The van der Waals surface area contributed by atoms with Crippen LogP contribution in [0.15, 0.2) is 42.6 Å². The van der Waals surface area contributed by atoms with Crippen LogP contribution >= 0.6 is 0 Å². The van der Waals surface area contributed by atoms with Gasteiger partial charge < -0.3 is 10.1 Å². The molecule has 2 aliphatic rings. The zero-order valence-corrected chi connectivity index (χ0v) is 16.9. The molecule has 0 atom stereocenters.